The van der Waals surface area contributed by atoms with Crippen molar-refractivity contribution in [3.8, 4) is 5.75 Å². The molecule has 0 aliphatic carbocycles. The van der Waals surface area contributed by atoms with Crippen molar-refractivity contribution in [2.75, 3.05) is 13.2 Å². The van der Waals surface area contributed by atoms with Crippen LogP contribution in [-0.2, 0) is 16.4 Å². The van der Waals surface area contributed by atoms with Crippen LogP contribution in [0, 0.1) is 5.82 Å². The van der Waals surface area contributed by atoms with Gasteiger partial charge in [0.15, 0.2) is 0 Å². The Kier molecular flexibility index (Phi) is 6.75. The van der Waals surface area contributed by atoms with E-state index in [9.17, 15) is 22.4 Å². The average molecular weight is 415 g/mol. The van der Waals surface area contributed by atoms with Gasteiger partial charge in [-0.3, -0.25) is 4.79 Å². The first-order chi connectivity index (χ1) is 12.7. The zero-order valence-corrected chi connectivity index (χ0v) is 16.0. The number of amides is 3. The van der Waals surface area contributed by atoms with Gasteiger partial charge in [0.2, 0.25) is 0 Å². The molecule has 0 aliphatic rings. The molecule has 0 unspecified atom stereocenters. The highest BCUT2D eigenvalue weighted by molar-refractivity contribution is 7.92. The van der Waals surface area contributed by atoms with Crippen LogP contribution in [0.4, 0.5) is 9.18 Å². The lowest BCUT2D eigenvalue weighted by Crippen LogP contribution is -2.34. The minimum atomic E-state index is -3.99. The topological polar surface area (TPSA) is 128 Å². The van der Waals surface area contributed by atoms with Crippen molar-refractivity contribution < 1.29 is 27.1 Å². The third-order valence-electron chi connectivity index (χ3n) is 3.28. The van der Waals surface area contributed by atoms with E-state index in [1.165, 1.54) is 18.2 Å². The van der Waals surface area contributed by atoms with Gasteiger partial charge in [-0.05, 0) is 43.7 Å². The van der Waals surface area contributed by atoms with Crippen LogP contribution >= 0.6 is 11.3 Å². The van der Waals surface area contributed by atoms with Crippen molar-refractivity contribution in [2.45, 2.75) is 17.6 Å². The summed E-state index contributed by atoms with van der Waals surface area (Å²) in [5, 5.41) is 2.64. The molecule has 0 spiro atoms. The molecule has 3 amide bonds. The molecule has 4 N–H and O–H groups in total. The number of benzene rings is 1. The van der Waals surface area contributed by atoms with Crippen molar-refractivity contribution in [1.29, 1.82) is 0 Å². The van der Waals surface area contributed by atoms with Crippen molar-refractivity contribution in [3.05, 3.63) is 46.6 Å². The average Bonchev–Trinajstić information content (AvgIpc) is 3.05. The van der Waals surface area contributed by atoms with Gasteiger partial charge in [0.1, 0.15) is 15.8 Å². The number of sulfonamides is 1. The molecule has 27 heavy (non-hydrogen) atoms. The lowest BCUT2D eigenvalue weighted by atomic mass is 10.1. The molecule has 2 rings (SSSR count). The maximum atomic E-state index is 13.4. The molecule has 0 radical (unpaired) electrons. The molecule has 11 heteroatoms. The Morgan fingerprint density at radius 1 is 1.26 bits per heavy atom. The second kappa shape index (κ2) is 8.82. The van der Waals surface area contributed by atoms with Crippen LogP contribution in [-0.4, -0.2) is 33.5 Å². The molecule has 0 aliphatic heterocycles. The zero-order chi connectivity index (χ0) is 20.0. The normalized spacial score (nSPS) is 11.0. The number of carbonyl (C=O) groups excluding carboxylic acids is 2. The Labute approximate surface area is 159 Å². The number of nitrogens with two attached hydrogens (primary N) is 1. The quantitative estimate of drug-likeness (QED) is 0.604. The Morgan fingerprint density at radius 2 is 2.00 bits per heavy atom. The molecule has 1 heterocycles. The molecule has 0 saturated carbocycles. The first-order valence-corrected chi connectivity index (χ1v) is 10.1. The van der Waals surface area contributed by atoms with Gasteiger partial charge in [0.25, 0.3) is 15.9 Å². The molecule has 1 aromatic carbocycles. The van der Waals surface area contributed by atoms with Gasteiger partial charge < -0.3 is 15.8 Å². The maximum Gasteiger partial charge on any atom is 0.326 e. The summed E-state index contributed by atoms with van der Waals surface area (Å²) in [5.41, 5.74) is 4.91. The first kappa shape index (κ1) is 20.6. The summed E-state index contributed by atoms with van der Waals surface area (Å²) in [6, 6.07) is 5.42. The Balaban J connectivity index is 1.98. The van der Waals surface area contributed by atoms with Crippen molar-refractivity contribution in [1.82, 2.24) is 10.0 Å². The lowest BCUT2D eigenvalue weighted by molar-refractivity contribution is 0.0950. The van der Waals surface area contributed by atoms with E-state index >= 15 is 0 Å². The first-order valence-electron chi connectivity index (χ1n) is 7.84. The molecular formula is C16H18FN3O5S2. The van der Waals surface area contributed by atoms with Gasteiger partial charge >= 0.3 is 6.03 Å². The van der Waals surface area contributed by atoms with Crippen LogP contribution in [0.2, 0.25) is 0 Å². The number of thiophene rings is 1. The number of ether oxygens (including phenoxy) is 1. The number of halogens is 1. The second-order valence-electron chi connectivity index (χ2n) is 5.27. The van der Waals surface area contributed by atoms with E-state index in [1.54, 1.807) is 17.7 Å². The summed E-state index contributed by atoms with van der Waals surface area (Å²) in [5.74, 6) is -0.783. The van der Waals surface area contributed by atoms with E-state index in [4.69, 9.17) is 10.5 Å². The smallest absolute Gasteiger partial charge is 0.326 e. The fourth-order valence-corrected chi connectivity index (χ4v) is 4.41. The second-order valence-corrected chi connectivity index (χ2v) is 8.35. The molecule has 2 aromatic rings. The van der Waals surface area contributed by atoms with Crippen LogP contribution in [0.15, 0.2) is 34.5 Å². The zero-order valence-electron chi connectivity index (χ0n) is 14.3. The molecule has 0 bridgehead atoms. The van der Waals surface area contributed by atoms with E-state index in [1.807, 2.05) is 0 Å². The molecular weight excluding hydrogens is 397 g/mol. The molecule has 0 atom stereocenters. The number of primary amides is 1. The monoisotopic (exact) mass is 415 g/mol. The Morgan fingerprint density at radius 3 is 2.67 bits per heavy atom. The summed E-state index contributed by atoms with van der Waals surface area (Å²) < 4.78 is 44.0. The molecule has 0 saturated heterocycles. The highest BCUT2D eigenvalue weighted by Gasteiger charge is 2.19. The predicted octanol–water partition coefficient (Wildman–Crippen LogP) is 1.62. The summed E-state index contributed by atoms with van der Waals surface area (Å²) in [4.78, 5) is 23.7. The van der Waals surface area contributed by atoms with Gasteiger partial charge in [-0.25, -0.2) is 22.3 Å². The van der Waals surface area contributed by atoms with E-state index in [0.29, 0.717) is 17.9 Å². The fourth-order valence-electron chi connectivity index (χ4n) is 2.18. The van der Waals surface area contributed by atoms with Gasteiger partial charge in [0, 0.05) is 11.4 Å². The van der Waals surface area contributed by atoms with Crippen molar-refractivity contribution in [2.24, 2.45) is 5.73 Å². The molecule has 0 fully saturated rings. The Hall–Kier alpha value is -2.66. The van der Waals surface area contributed by atoms with E-state index < -0.39 is 27.8 Å². The SMILES string of the molecule is CCOc1ccc(F)cc1C(=O)NCCc1ccc(S(=O)(=O)NC(N)=O)s1. The fraction of sp³-hybridized carbons (Fsp3) is 0.250. The van der Waals surface area contributed by atoms with Gasteiger partial charge in [0.05, 0.1) is 12.2 Å². The number of hydrogen-bond donors (Lipinski definition) is 3. The van der Waals surface area contributed by atoms with Crippen LogP contribution in [0.25, 0.3) is 0 Å². The van der Waals surface area contributed by atoms with Crippen LogP contribution in [0.5, 0.6) is 5.75 Å². The number of urea groups is 1. The predicted molar refractivity (Wildman–Crippen MR) is 97.8 cm³/mol. The van der Waals surface area contributed by atoms with E-state index in [0.717, 1.165) is 17.4 Å². The lowest BCUT2D eigenvalue weighted by Gasteiger charge is -2.10. The Bertz CT molecular complexity index is 943. The van der Waals surface area contributed by atoms with E-state index in [2.05, 4.69) is 5.32 Å². The third-order valence-corrected chi connectivity index (χ3v) is 6.26. The van der Waals surface area contributed by atoms with E-state index in [-0.39, 0.29) is 22.1 Å². The largest absolute Gasteiger partial charge is 0.493 e. The number of rotatable bonds is 8. The standard InChI is InChI=1S/C16H18FN3O5S2/c1-2-25-13-5-3-10(17)9-12(13)15(21)19-8-7-11-4-6-14(26-11)27(23,24)20-16(18)22/h3-6,9H,2,7-8H2,1H3,(H,19,21)(H3,18,20,22). The van der Waals surface area contributed by atoms with Gasteiger partial charge in [-0.2, -0.15) is 0 Å². The van der Waals surface area contributed by atoms with Crippen LogP contribution in [0.1, 0.15) is 22.2 Å². The number of nitrogens with one attached hydrogen (secondary N) is 2. The summed E-state index contributed by atoms with van der Waals surface area (Å²) >= 11 is 0.949. The third kappa shape index (κ3) is 5.66. The number of hydrogen-bond acceptors (Lipinski definition) is 6. The molecule has 146 valence electrons. The highest BCUT2D eigenvalue weighted by atomic mass is 32.2. The van der Waals surface area contributed by atoms with Crippen LogP contribution in [0.3, 0.4) is 0 Å². The maximum absolute atomic E-state index is 13.4. The van der Waals surface area contributed by atoms with Gasteiger partial charge in [-0.1, -0.05) is 0 Å². The van der Waals surface area contributed by atoms with Crippen LogP contribution < -0.4 is 20.5 Å². The molecule has 1 aromatic heterocycles. The minimum Gasteiger partial charge on any atom is -0.493 e. The minimum absolute atomic E-state index is 0.0635. The highest BCUT2D eigenvalue weighted by Crippen LogP contribution is 2.22. The number of carbonyl (C=O) groups is 2. The van der Waals surface area contributed by atoms with Crippen molar-refractivity contribution >= 4 is 33.3 Å². The van der Waals surface area contributed by atoms with Crippen molar-refractivity contribution in [3.63, 3.8) is 0 Å². The summed E-state index contributed by atoms with van der Waals surface area (Å²) in [6.07, 6.45) is 0.349. The van der Waals surface area contributed by atoms with Gasteiger partial charge in [-0.15, -0.1) is 11.3 Å². The summed E-state index contributed by atoms with van der Waals surface area (Å²) in [7, 11) is -3.99. The summed E-state index contributed by atoms with van der Waals surface area (Å²) in [6.45, 7) is 2.28. The molecule has 8 nitrogen and oxygen atoms in total.